The number of amides is 1. The van der Waals surface area contributed by atoms with Crippen molar-refractivity contribution >= 4 is 17.4 Å². The second-order valence-corrected chi connectivity index (χ2v) is 6.26. The predicted octanol–water partition coefficient (Wildman–Crippen LogP) is 3.48. The second-order valence-electron chi connectivity index (χ2n) is 6.26. The van der Waals surface area contributed by atoms with Crippen molar-refractivity contribution in [1.29, 1.82) is 0 Å². The lowest BCUT2D eigenvalue weighted by molar-refractivity contribution is 0.0298. The van der Waals surface area contributed by atoms with E-state index in [0.29, 0.717) is 37.8 Å². The van der Waals surface area contributed by atoms with Crippen molar-refractivity contribution < 1.29 is 14.3 Å². The van der Waals surface area contributed by atoms with Crippen molar-refractivity contribution in [3.63, 3.8) is 0 Å². The highest BCUT2D eigenvalue weighted by molar-refractivity contribution is 5.92. The zero-order valence-electron chi connectivity index (χ0n) is 15.2. The minimum atomic E-state index is -0.121. The fourth-order valence-electron chi connectivity index (χ4n) is 2.81. The zero-order valence-corrected chi connectivity index (χ0v) is 15.2. The van der Waals surface area contributed by atoms with Gasteiger partial charge in [0.25, 0.3) is 5.91 Å². The number of hydrogen-bond donors (Lipinski definition) is 1. The number of anilines is 2. The first kappa shape index (κ1) is 17.9. The van der Waals surface area contributed by atoms with E-state index in [1.165, 1.54) is 6.20 Å². The van der Waals surface area contributed by atoms with Crippen molar-refractivity contribution in [2.75, 3.05) is 31.6 Å². The van der Waals surface area contributed by atoms with Gasteiger partial charge in [-0.1, -0.05) is 18.2 Å². The lowest BCUT2D eigenvalue weighted by Gasteiger charge is -2.26. The van der Waals surface area contributed by atoms with Crippen LogP contribution in [0, 0.1) is 0 Å². The second kappa shape index (κ2) is 8.49. The Morgan fingerprint density at radius 2 is 1.64 bits per heavy atom. The molecular weight excluding hydrogens is 356 g/mol. The van der Waals surface area contributed by atoms with E-state index >= 15 is 0 Å². The van der Waals surface area contributed by atoms with Gasteiger partial charge in [0.2, 0.25) is 0 Å². The number of ether oxygens (including phenoxy) is 2. The van der Waals surface area contributed by atoms with Crippen LogP contribution in [0.5, 0.6) is 11.5 Å². The number of para-hydroxylation sites is 1. The van der Waals surface area contributed by atoms with Crippen LogP contribution in [0.4, 0.5) is 11.5 Å². The fourth-order valence-corrected chi connectivity index (χ4v) is 2.81. The molecule has 3 aromatic rings. The van der Waals surface area contributed by atoms with E-state index in [4.69, 9.17) is 9.47 Å². The summed E-state index contributed by atoms with van der Waals surface area (Å²) < 4.78 is 11.0. The minimum Gasteiger partial charge on any atom is -0.457 e. The van der Waals surface area contributed by atoms with Gasteiger partial charge in [0.15, 0.2) is 0 Å². The van der Waals surface area contributed by atoms with E-state index in [-0.39, 0.29) is 5.91 Å². The maximum atomic E-state index is 12.4. The molecule has 2 heterocycles. The van der Waals surface area contributed by atoms with Crippen molar-refractivity contribution in [3.8, 4) is 11.5 Å². The molecule has 7 heteroatoms. The van der Waals surface area contributed by atoms with Crippen molar-refractivity contribution in [1.82, 2.24) is 14.9 Å². The average Bonchev–Trinajstić information content (AvgIpc) is 2.76. The molecule has 1 fully saturated rings. The number of benzene rings is 2. The molecule has 1 saturated heterocycles. The molecule has 1 amide bonds. The number of rotatable bonds is 5. The highest BCUT2D eigenvalue weighted by Crippen LogP contribution is 2.23. The van der Waals surface area contributed by atoms with Gasteiger partial charge in [0.05, 0.1) is 25.6 Å². The van der Waals surface area contributed by atoms with E-state index < -0.39 is 0 Å². The summed E-state index contributed by atoms with van der Waals surface area (Å²) in [6.07, 6.45) is 3.05. The molecule has 142 valence electrons. The first-order chi connectivity index (χ1) is 13.8. The van der Waals surface area contributed by atoms with Crippen LogP contribution in [-0.4, -0.2) is 47.1 Å². The van der Waals surface area contributed by atoms with E-state index in [1.807, 2.05) is 54.6 Å². The van der Waals surface area contributed by atoms with Crippen LogP contribution in [0.1, 0.15) is 10.5 Å². The number of morpholine rings is 1. The summed E-state index contributed by atoms with van der Waals surface area (Å²) in [4.78, 5) is 22.7. The molecule has 0 atom stereocenters. The Bertz CT molecular complexity index is 909. The monoisotopic (exact) mass is 376 g/mol. The quantitative estimate of drug-likeness (QED) is 0.735. The third-order valence-corrected chi connectivity index (χ3v) is 4.27. The van der Waals surface area contributed by atoms with Crippen molar-refractivity contribution in [3.05, 3.63) is 72.7 Å². The maximum absolute atomic E-state index is 12.4. The SMILES string of the molecule is O=C(c1cnc(Nc2ccc(Oc3ccccc3)cc2)cn1)N1CCOCC1. The highest BCUT2D eigenvalue weighted by Gasteiger charge is 2.19. The Hall–Kier alpha value is -3.45. The Balaban J connectivity index is 1.37. The molecule has 4 rings (SSSR count). The molecule has 0 bridgehead atoms. The molecule has 0 radical (unpaired) electrons. The molecule has 0 spiro atoms. The predicted molar refractivity (Wildman–Crippen MR) is 105 cm³/mol. The van der Waals surface area contributed by atoms with E-state index in [1.54, 1.807) is 11.1 Å². The van der Waals surface area contributed by atoms with Crippen LogP contribution in [0.25, 0.3) is 0 Å². The van der Waals surface area contributed by atoms with Gasteiger partial charge in [-0.25, -0.2) is 9.97 Å². The Kier molecular flexibility index (Phi) is 5.44. The van der Waals surface area contributed by atoms with Crippen molar-refractivity contribution in [2.24, 2.45) is 0 Å². The summed E-state index contributed by atoms with van der Waals surface area (Å²) in [7, 11) is 0. The first-order valence-corrected chi connectivity index (χ1v) is 9.07. The van der Waals surface area contributed by atoms with Crippen LogP contribution in [-0.2, 0) is 4.74 Å². The number of aromatic nitrogens is 2. The molecule has 0 aliphatic carbocycles. The summed E-state index contributed by atoms with van der Waals surface area (Å²) in [6.45, 7) is 2.28. The van der Waals surface area contributed by atoms with Crippen LogP contribution < -0.4 is 10.1 Å². The highest BCUT2D eigenvalue weighted by atomic mass is 16.5. The topological polar surface area (TPSA) is 76.6 Å². The summed E-state index contributed by atoms with van der Waals surface area (Å²) in [5, 5.41) is 3.17. The van der Waals surface area contributed by atoms with Gasteiger partial charge in [0.1, 0.15) is 23.0 Å². The van der Waals surface area contributed by atoms with Crippen LogP contribution in [0.3, 0.4) is 0 Å². The molecule has 1 N–H and O–H groups in total. The fraction of sp³-hybridized carbons (Fsp3) is 0.190. The molecule has 0 unspecified atom stereocenters. The number of carbonyl (C=O) groups is 1. The maximum Gasteiger partial charge on any atom is 0.274 e. The third-order valence-electron chi connectivity index (χ3n) is 4.27. The van der Waals surface area contributed by atoms with Gasteiger partial charge >= 0.3 is 0 Å². The van der Waals surface area contributed by atoms with Gasteiger partial charge in [-0.05, 0) is 36.4 Å². The molecule has 28 heavy (non-hydrogen) atoms. The molecular formula is C21H20N4O3. The molecule has 1 aliphatic rings. The Morgan fingerprint density at radius 3 is 2.32 bits per heavy atom. The minimum absolute atomic E-state index is 0.121. The van der Waals surface area contributed by atoms with Gasteiger partial charge in [-0.2, -0.15) is 0 Å². The normalized spacial score (nSPS) is 13.8. The Labute approximate surface area is 163 Å². The third kappa shape index (κ3) is 4.44. The van der Waals surface area contributed by atoms with Crippen molar-refractivity contribution in [2.45, 2.75) is 0 Å². The van der Waals surface area contributed by atoms with E-state index in [2.05, 4.69) is 15.3 Å². The standard InChI is InChI=1S/C21H20N4O3/c26-21(25-10-12-27-13-11-25)19-14-23-20(15-22-19)24-16-6-8-18(9-7-16)28-17-4-2-1-3-5-17/h1-9,14-15H,10-13H2,(H,23,24). The molecule has 1 aliphatic heterocycles. The number of nitrogens with one attached hydrogen (secondary N) is 1. The summed E-state index contributed by atoms with van der Waals surface area (Å²) in [5.41, 5.74) is 1.18. The first-order valence-electron chi connectivity index (χ1n) is 9.07. The summed E-state index contributed by atoms with van der Waals surface area (Å²) >= 11 is 0. The molecule has 2 aromatic carbocycles. The average molecular weight is 376 g/mol. The van der Waals surface area contributed by atoms with Gasteiger partial charge in [-0.3, -0.25) is 4.79 Å². The largest absolute Gasteiger partial charge is 0.457 e. The van der Waals surface area contributed by atoms with E-state index in [9.17, 15) is 4.79 Å². The lowest BCUT2D eigenvalue weighted by atomic mass is 10.3. The lowest BCUT2D eigenvalue weighted by Crippen LogP contribution is -2.41. The number of nitrogens with zero attached hydrogens (tertiary/aromatic N) is 3. The van der Waals surface area contributed by atoms with Gasteiger partial charge in [-0.15, -0.1) is 0 Å². The van der Waals surface area contributed by atoms with Crippen LogP contribution >= 0.6 is 0 Å². The molecule has 0 saturated carbocycles. The smallest absolute Gasteiger partial charge is 0.274 e. The van der Waals surface area contributed by atoms with Crippen LogP contribution in [0.15, 0.2) is 67.0 Å². The molecule has 7 nitrogen and oxygen atoms in total. The van der Waals surface area contributed by atoms with E-state index in [0.717, 1.165) is 17.2 Å². The Morgan fingerprint density at radius 1 is 0.929 bits per heavy atom. The van der Waals surface area contributed by atoms with Gasteiger partial charge < -0.3 is 19.7 Å². The zero-order chi connectivity index (χ0) is 19.2. The molecule has 1 aromatic heterocycles. The number of carbonyl (C=O) groups excluding carboxylic acids is 1. The van der Waals surface area contributed by atoms with Crippen LogP contribution in [0.2, 0.25) is 0 Å². The summed E-state index contributed by atoms with van der Waals surface area (Å²) in [6, 6.07) is 17.1. The van der Waals surface area contributed by atoms with Gasteiger partial charge in [0, 0.05) is 18.8 Å². The summed E-state index contributed by atoms with van der Waals surface area (Å²) in [5.74, 6) is 1.98. The number of hydrogen-bond acceptors (Lipinski definition) is 6.